The second-order valence-corrected chi connectivity index (χ2v) is 5.19. The van der Waals surface area contributed by atoms with Gasteiger partial charge < -0.3 is 24.3 Å². The molecule has 8 nitrogen and oxygen atoms in total. The number of hydrogen-bond donors (Lipinski definition) is 1. The summed E-state index contributed by atoms with van der Waals surface area (Å²) in [6, 6.07) is 8.24. The van der Waals surface area contributed by atoms with Crippen LogP contribution >= 0.6 is 0 Å². The molecule has 1 aromatic carbocycles. The van der Waals surface area contributed by atoms with Crippen LogP contribution in [0.15, 0.2) is 30.3 Å². The van der Waals surface area contributed by atoms with Gasteiger partial charge in [0.05, 0.1) is 6.61 Å². The number of rotatable bonds is 6. The Morgan fingerprint density at radius 1 is 1.25 bits per heavy atom. The highest BCUT2D eigenvalue weighted by Gasteiger charge is 2.48. The minimum atomic E-state index is -1.23. The lowest BCUT2D eigenvalue weighted by molar-refractivity contribution is -0.160. The third kappa shape index (κ3) is 4.69. The number of ether oxygens (including phenoxy) is 4. The highest BCUT2D eigenvalue weighted by atomic mass is 16.6. The highest BCUT2D eigenvalue weighted by Crippen LogP contribution is 2.20. The Labute approximate surface area is 139 Å². The topological polar surface area (TPSA) is 100 Å². The molecule has 1 N–H and O–H groups in total. The molecule has 1 aromatic rings. The number of benzene rings is 1. The van der Waals surface area contributed by atoms with Crippen molar-refractivity contribution in [3.05, 3.63) is 35.9 Å². The monoisotopic (exact) mass is 337 g/mol. The number of hydrogen-bond acceptors (Lipinski definition) is 7. The van der Waals surface area contributed by atoms with Crippen molar-refractivity contribution in [3.8, 4) is 0 Å². The quantitative estimate of drug-likeness (QED) is 0.605. The van der Waals surface area contributed by atoms with Crippen LogP contribution in [0.4, 0.5) is 4.79 Å². The van der Waals surface area contributed by atoms with Gasteiger partial charge >= 0.3 is 18.0 Å². The zero-order valence-corrected chi connectivity index (χ0v) is 13.4. The average molecular weight is 337 g/mol. The largest absolute Gasteiger partial charge is 0.455 e. The lowest BCUT2D eigenvalue weighted by Gasteiger charge is -2.21. The molecule has 0 saturated carbocycles. The summed E-state index contributed by atoms with van der Waals surface area (Å²) in [7, 11) is 1.43. The molecule has 8 heteroatoms. The zero-order chi connectivity index (χ0) is 17.5. The fourth-order valence-corrected chi connectivity index (χ4v) is 2.30. The minimum Gasteiger partial charge on any atom is -0.455 e. The van der Waals surface area contributed by atoms with Crippen LogP contribution in [0, 0.1) is 0 Å². The molecule has 0 aromatic heterocycles. The predicted molar refractivity (Wildman–Crippen MR) is 80.9 cm³/mol. The Kier molecular flexibility index (Phi) is 6.14. The van der Waals surface area contributed by atoms with Crippen molar-refractivity contribution in [2.24, 2.45) is 0 Å². The number of esters is 2. The third-order valence-electron chi connectivity index (χ3n) is 3.35. The predicted octanol–water partition coefficient (Wildman–Crippen LogP) is 0.785. The molecule has 1 saturated heterocycles. The van der Waals surface area contributed by atoms with E-state index in [9.17, 15) is 14.4 Å². The number of alkyl carbamates (subject to hydrolysis) is 1. The van der Waals surface area contributed by atoms with Gasteiger partial charge in [0.2, 0.25) is 6.10 Å². The van der Waals surface area contributed by atoms with Gasteiger partial charge in [-0.3, -0.25) is 4.79 Å². The zero-order valence-electron chi connectivity index (χ0n) is 13.4. The Morgan fingerprint density at radius 2 is 1.96 bits per heavy atom. The molecule has 0 bridgehead atoms. The highest BCUT2D eigenvalue weighted by molar-refractivity contribution is 5.83. The van der Waals surface area contributed by atoms with Crippen LogP contribution in [0.3, 0.4) is 0 Å². The Hall–Kier alpha value is -2.61. The lowest BCUT2D eigenvalue weighted by Crippen LogP contribution is -2.50. The van der Waals surface area contributed by atoms with Crippen molar-refractivity contribution in [2.45, 2.75) is 31.8 Å². The molecule has 3 atom stereocenters. The summed E-state index contributed by atoms with van der Waals surface area (Å²) < 4.78 is 20.1. The first-order chi connectivity index (χ1) is 11.5. The van der Waals surface area contributed by atoms with E-state index in [0.717, 1.165) is 5.56 Å². The summed E-state index contributed by atoms with van der Waals surface area (Å²) in [6.07, 6.45) is -2.75. The van der Waals surface area contributed by atoms with Crippen molar-refractivity contribution < 1.29 is 33.3 Å². The summed E-state index contributed by atoms with van der Waals surface area (Å²) in [5.74, 6) is -1.39. The van der Waals surface area contributed by atoms with E-state index in [4.69, 9.17) is 18.9 Å². The van der Waals surface area contributed by atoms with E-state index in [1.165, 1.54) is 14.0 Å². The molecule has 1 fully saturated rings. The van der Waals surface area contributed by atoms with Crippen LogP contribution in [-0.4, -0.2) is 50.0 Å². The maximum absolute atomic E-state index is 12.0. The summed E-state index contributed by atoms with van der Waals surface area (Å²) in [4.78, 5) is 34.9. The van der Waals surface area contributed by atoms with E-state index < -0.39 is 36.3 Å². The molecule has 0 unspecified atom stereocenters. The summed E-state index contributed by atoms with van der Waals surface area (Å²) in [6.45, 7) is 1.29. The molecular formula is C16H19NO7. The molecule has 0 radical (unpaired) electrons. The summed E-state index contributed by atoms with van der Waals surface area (Å²) in [5.41, 5.74) is 0.816. The van der Waals surface area contributed by atoms with E-state index in [2.05, 4.69) is 5.32 Å². The van der Waals surface area contributed by atoms with Crippen molar-refractivity contribution in [1.82, 2.24) is 5.32 Å². The fraction of sp³-hybridized carbons (Fsp3) is 0.438. The second kappa shape index (κ2) is 8.30. The lowest BCUT2D eigenvalue weighted by atomic mass is 10.1. The van der Waals surface area contributed by atoms with Gasteiger partial charge in [-0.1, -0.05) is 30.3 Å². The van der Waals surface area contributed by atoms with Crippen LogP contribution in [-0.2, 0) is 35.1 Å². The molecular weight excluding hydrogens is 318 g/mol. The molecule has 0 spiro atoms. The van der Waals surface area contributed by atoms with Gasteiger partial charge in [0, 0.05) is 14.0 Å². The standard InChI is InChI=1S/C16H19NO7/c1-10(18)23-14-13(12(9-21-2)24-15(14)19)17-16(20)22-8-11-6-4-3-5-7-11/h3-7,12-14H,8-9H2,1-2H3,(H,17,20)/t12-,13+,14-/m1/s1. The number of carbonyl (C=O) groups excluding carboxylic acids is 3. The number of carbonyl (C=O) groups is 3. The number of methoxy groups -OCH3 is 1. The van der Waals surface area contributed by atoms with Gasteiger partial charge in [-0.25, -0.2) is 9.59 Å². The van der Waals surface area contributed by atoms with Gasteiger partial charge in [-0.2, -0.15) is 0 Å². The molecule has 1 heterocycles. The van der Waals surface area contributed by atoms with Crippen molar-refractivity contribution in [3.63, 3.8) is 0 Å². The Morgan fingerprint density at radius 3 is 2.58 bits per heavy atom. The molecule has 0 aliphatic carbocycles. The van der Waals surface area contributed by atoms with E-state index in [0.29, 0.717) is 0 Å². The van der Waals surface area contributed by atoms with Crippen LogP contribution in [0.1, 0.15) is 12.5 Å². The van der Waals surface area contributed by atoms with E-state index in [1.54, 1.807) is 0 Å². The maximum atomic E-state index is 12.0. The molecule has 1 amide bonds. The van der Waals surface area contributed by atoms with Crippen LogP contribution < -0.4 is 5.32 Å². The SMILES string of the molecule is COC[C@H]1OC(=O)[C@H](OC(C)=O)[C@H]1NC(=O)OCc1ccccc1. The first-order valence-corrected chi connectivity index (χ1v) is 7.35. The van der Waals surface area contributed by atoms with Gasteiger partial charge in [-0.05, 0) is 5.56 Å². The van der Waals surface area contributed by atoms with Crippen LogP contribution in [0.5, 0.6) is 0 Å². The number of amides is 1. The maximum Gasteiger partial charge on any atom is 0.407 e. The molecule has 1 aliphatic rings. The third-order valence-corrected chi connectivity index (χ3v) is 3.35. The van der Waals surface area contributed by atoms with Crippen molar-refractivity contribution in [2.75, 3.05) is 13.7 Å². The Bertz CT molecular complexity index is 589. The summed E-state index contributed by atoms with van der Waals surface area (Å²) in [5, 5.41) is 2.51. The van der Waals surface area contributed by atoms with E-state index >= 15 is 0 Å². The molecule has 1 aliphatic heterocycles. The first kappa shape index (κ1) is 17.7. The fourth-order valence-electron chi connectivity index (χ4n) is 2.30. The van der Waals surface area contributed by atoms with Crippen LogP contribution in [0.2, 0.25) is 0 Å². The van der Waals surface area contributed by atoms with Gasteiger partial charge in [-0.15, -0.1) is 0 Å². The molecule has 2 rings (SSSR count). The molecule has 130 valence electrons. The average Bonchev–Trinajstić information content (AvgIpc) is 2.82. The summed E-state index contributed by atoms with van der Waals surface area (Å²) >= 11 is 0. The van der Waals surface area contributed by atoms with Crippen LogP contribution in [0.25, 0.3) is 0 Å². The number of nitrogens with one attached hydrogen (secondary N) is 1. The molecule has 24 heavy (non-hydrogen) atoms. The Balaban J connectivity index is 1.97. The second-order valence-electron chi connectivity index (χ2n) is 5.19. The van der Waals surface area contributed by atoms with E-state index in [-0.39, 0.29) is 13.2 Å². The normalized spacial score (nSPS) is 22.6. The van der Waals surface area contributed by atoms with Gasteiger partial charge in [0.15, 0.2) is 0 Å². The smallest absolute Gasteiger partial charge is 0.407 e. The minimum absolute atomic E-state index is 0.0487. The van der Waals surface area contributed by atoms with Crippen molar-refractivity contribution >= 4 is 18.0 Å². The van der Waals surface area contributed by atoms with Gasteiger partial charge in [0.25, 0.3) is 0 Å². The first-order valence-electron chi connectivity index (χ1n) is 7.35. The number of cyclic esters (lactones) is 1. The van der Waals surface area contributed by atoms with Crippen molar-refractivity contribution in [1.29, 1.82) is 0 Å². The van der Waals surface area contributed by atoms with Gasteiger partial charge in [0.1, 0.15) is 18.8 Å². The van der Waals surface area contributed by atoms with E-state index in [1.807, 2.05) is 30.3 Å².